The maximum Gasteiger partial charge on any atom is 0.272 e. The van der Waals surface area contributed by atoms with Crippen LogP contribution in [0.2, 0.25) is 0 Å². The Hall–Kier alpha value is -3.70. The van der Waals surface area contributed by atoms with Crippen molar-refractivity contribution in [2.24, 2.45) is 0 Å². The van der Waals surface area contributed by atoms with E-state index in [4.69, 9.17) is 6.57 Å². The van der Waals surface area contributed by atoms with E-state index in [1.165, 1.54) is 0 Å². The van der Waals surface area contributed by atoms with Crippen molar-refractivity contribution in [2.75, 3.05) is 38.0 Å². The van der Waals surface area contributed by atoms with Crippen LogP contribution in [0.15, 0.2) is 55.0 Å². The lowest BCUT2D eigenvalue weighted by atomic mass is 10.2. The zero-order chi connectivity index (χ0) is 22.3. The molecule has 3 heterocycles. The molecule has 1 fully saturated rings. The first-order valence-corrected chi connectivity index (χ1v) is 10.8. The number of rotatable bonds is 7. The van der Waals surface area contributed by atoms with Gasteiger partial charge in [0, 0.05) is 52.0 Å². The number of benzene rings is 1. The first-order valence-electron chi connectivity index (χ1n) is 10.8. The second-order valence-corrected chi connectivity index (χ2v) is 7.80. The zero-order valence-electron chi connectivity index (χ0n) is 18.2. The fourth-order valence-corrected chi connectivity index (χ4v) is 3.83. The van der Waals surface area contributed by atoms with Gasteiger partial charge in [0.2, 0.25) is 0 Å². The number of hydrogen-bond donors (Lipinski definition) is 1. The van der Waals surface area contributed by atoms with E-state index in [0.717, 1.165) is 49.8 Å². The van der Waals surface area contributed by atoms with Gasteiger partial charge in [-0.05, 0) is 24.6 Å². The molecule has 32 heavy (non-hydrogen) atoms. The number of nitrogens with one attached hydrogen (secondary N) is 1. The van der Waals surface area contributed by atoms with Gasteiger partial charge in [0.05, 0.1) is 18.6 Å². The molecule has 0 bridgehead atoms. The number of nitrogens with zero attached hydrogens (tertiary/aromatic N) is 6. The maximum atomic E-state index is 12.9. The number of anilines is 1. The highest BCUT2D eigenvalue weighted by molar-refractivity contribution is 5.92. The highest BCUT2D eigenvalue weighted by atomic mass is 16.2. The highest BCUT2D eigenvalue weighted by Crippen LogP contribution is 2.16. The Labute approximate surface area is 188 Å². The highest BCUT2D eigenvalue weighted by Gasteiger charge is 2.23. The van der Waals surface area contributed by atoms with Gasteiger partial charge < -0.3 is 14.8 Å². The number of amides is 1. The van der Waals surface area contributed by atoms with E-state index in [1.54, 1.807) is 6.07 Å². The second kappa shape index (κ2) is 10.1. The second-order valence-electron chi connectivity index (χ2n) is 7.80. The van der Waals surface area contributed by atoms with Gasteiger partial charge in [-0.3, -0.25) is 9.69 Å². The quantitative estimate of drug-likeness (QED) is 0.584. The lowest BCUT2D eigenvalue weighted by molar-refractivity contribution is 0.0620. The Kier molecular flexibility index (Phi) is 6.78. The summed E-state index contributed by atoms with van der Waals surface area (Å²) in [5.74, 6) is 0.714. The van der Waals surface area contributed by atoms with Crippen LogP contribution in [-0.2, 0) is 13.1 Å². The van der Waals surface area contributed by atoms with Gasteiger partial charge in [0.1, 0.15) is 11.5 Å². The number of piperazine rings is 1. The lowest BCUT2D eigenvalue weighted by Crippen LogP contribution is -2.48. The summed E-state index contributed by atoms with van der Waals surface area (Å²) in [4.78, 5) is 29.3. The van der Waals surface area contributed by atoms with Crippen molar-refractivity contribution in [2.45, 2.75) is 20.0 Å². The molecule has 3 aromatic rings. The smallest absolute Gasteiger partial charge is 0.272 e. The molecule has 0 saturated carbocycles. The maximum absolute atomic E-state index is 12.9. The topological polar surface area (TPSA) is 70.7 Å². The Morgan fingerprint density at radius 3 is 2.59 bits per heavy atom. The third-order valence-electron chi connectivity index (χ3n) is 5.59. The summed E-state index contributed by atoms with van der Waals surface area (Å²) in [6, 6.07) is 13.2. The Balaban J connectivity index is 1.33. The fraction of sp³-hybridized carbons (Fsp3) is 0.333. The molecule has 1 aliphatic rings. The Morgan fingerprint density at radius 2 is 1.88 bits per heavy atom. The molecule has 1 saturated heterocycles. The molecule has 1 N–H and O–H groups in total. The number of pyridine rings is 1. The summed E-state index contributed by atoms with van der Waals surface area (Å²) < 4.78 is 2.14. The molecule has 0 atom stereocenters. The van der Waals surface area contributed by atoms with E-state index < -0.39 is 0 Å². The molecule has 0 radical (unpaired) electrons. The molecule has 0 spiro atoms. The third kappa shape index (κ3) is 5.13. The standard InChI is InChI=1S/C24H27N7O/c1-3-27-23-6-4-5-22(28-23)24(32)30-13-11-29(12-14-30)17-21-15-26-18-31(21)16-19-7-9-20(25-2)10-8-19/h4-10,15,18H,3,11-14,16-17H2,1H3,(H,27,28). The van der Waals surface area contributed by atoms with Gasteiger partial charge in [0.15, 0.2) is 5.69 Å². The first-order chi connectivity index (χ1) is 15.7. The minimum atomic E-state index is -0.0164. The van der Waals surface area contributed by atoms with E-state index >= 15 is 0 Å². The lowest BCUT2D eigenvalue weighted by Gasteiger charge is -2.34. The Morgan fingerprint density at radius 1 is 1.09 bits per heavy atom. The van der Waals surface area contributed by atoms with Crippen molar-refractivity contribution in [1.29, 1.82) is 0 Å². The molecule has 4 rings (SSSR count). The summed E-state index contributed by atoms with van der Waals surface area (Å²) in [6.45, 7) is 14.3. The number of imidazole rings is 1. The predicted octanol–water partition coefficient (Wildman–Crippen LogP) is 3.27. The van der Waals surface area contributed by atoms with Crippen LogP contribution in [0.25, 0.3) is 4.85 Å². The zero-order valence-corrected chi connectivity index (χ0v) is 18.2. The average molecular weight is 430 g/mol. The summed E-state index contributed by atoms with van der Waals surface area (Å²) in [5.41, 5.74) is 3.41. The monoisotopic (exact) mass is 429 g/mol. The van der Waals surface area contributed by atoms with E-state index in [2.05, 4.69) is 29.6 Å². The number of carbonyl (C=O) groups is 1. The molecule has 1 amide bonds. The van der Waals surface area contributed by atoms with Crippen molar-refractivity contribution in [1.82, 2.24) is 24.3 Å². The van der Waals surface area contributed by atoms with Crippen molar-refractivity contribution in [3.63, 3.8) is 0 Å². The molecule has 0 unspecified atom stereocenters. The molecule has 2 aromatic heterocycles. The van der Waals surface area contributed by atoms with Crippen molar-refractivity contribution < 1.29 is 4.79 Å². The van der Waals surface area contributed by atoms with E-state index in [9.17, 15) is 4.79 Å². The summed E-state index contributed by atoms with van der Waals surface area (Å²) in [5, 5.41) is 3.15. The summed E-state index contributed by atoms with van der Waals surface area (Å²) >= 11 is 0. The van der Waals surface area contributed by atoms with E-state index in [-0.39, 0.29) is 5.91 Å². The van der Waals surface area contributed by atoms with E-state index in [1.807, 2.05) is 60.7 Å². The van der Waals surface area contributed by atoms with Gasteiger partial charge in [-0.1, -0.05) is 30.3 Å². The Bertz CT molecular complexity index is 1090. The molecule has 164 valence electrons. The SMILES string of the molecule is [C-]#[N+]c1ccc(Cn2cncc2CN2CCN(C(=O)c3cccc(NCC)n3)CC2)cc1. The first kappa shape index (κ1) is 21.5. The van der Waals surface area contributed by atoms with Gasteiger partial charge in [-0.25, -0.2) is 14.8 Å². The van der Waals surface area contributed by atoms with Crippen LogP contribution >= 0.6 is 0 Å². The van der Waals surface area contributed by atoms with Crippen LogP contribution < -0.4 is 5.32 Å². The summed E-state index contributed by atoms with van der Waals surface area (Å²) in [7, 11) is 0. The van der Waals surface area contributed by atoms with Crippen molar-refractivity contribution in [3.8, 4) is 0 Å². The van der Waals surface area contributed by atoms with Crippen LogP contribution in [0.3, 0.4) is 0 Å². The normalized spacial score (nSPS) is 14.2. The predicted molar refractivity (Wildman–Crippen MR) is 124 cm³/mol. The molecular formula is C24H27N7O. The van der Waals surface area contributed by atoms with E-state index in [0.29, 0.717) is 24.5 Å². The van der Waals surface area contributed by atoms with Gasteiger partial charge in [0.25, 0.3) is 5.91 Å². The minimum absolute atomic E-state index is 0.0164. The number of hydrogen-bond acceptors (Lipinski definition) is 5. The molecule has 1 aromatic carbocycles. The van der Waals surface area contributed by atoms with Crippen LogP contribution in [0.4, 0.5) is 11.5 Å². The summed E-state index contributed by atoms with van der Waals surface area (Å²) in [6.07, 6.45) is 3.75. The van der Waals surface area contributed by atoms with Crippen molar-refractivity contribution in [3.05, 3.63) is 83.4 Å². The van der Waals surface area contributed by atoms with Crippen LogP contribution in [-0.4, -0.2) is 63.0 Å². The van der Waals surface area contributed by atoms with Gasteiger partial charge in [-0.15, -0.1) is 0 Å². The largest absolute Gasteiger partial charge is 0.370 e. The molecule has 0 aliphatic carbocycles. The molecule has 1 aliphatic heterocycles. The number of aromatic nitrogens is 3. The van der Waals surface area contributed by atoms with Crippen LogP contribution in [0.5, 0.6) is 0 Å². The van der Waals surface area contributed by atoms with Crippen molar-refractivity contribution >= 4 is 17.4 Å². The minimum Gasteiger partial charge on any atom is -0.370 e. The van der Waals surface area contributed by atoms with Gasteiger partial charge >= 0.3 is 0 Å². The molecular weight excluding hydrogens is 402 g/mol. The molecule has 8 nitrogen and oxygen atoms in total. The average Bonchev–Trinajstić information content (AvgIpc) is 3.26. The van der Waals surface area contributed by atoms with Crippen LogP contribution in [0.1, 0.15) is 28.7 Å². The van der Waals surface area contributed by atoms with Gasteiger partial charge in [-0.2, -0.15) is 0 Å². The molecule has 8 heteroatoms. The fourth-order valence-electron chi connectivity index (χ4n) is 3.83. The van der Waals surface area contributed by atoms with Crippen LogP contribution in [0, 0.1) is 6.57 Å². The number of carbonyl (C=O) groups excluding carboxylic acids is 1. The third-order valence-corrected chi connectivity index (χ3v) is 5.59.